The molecule has 4 heteroatoms. The highest BCUT2D eigenvalue weighted by atomic mass is 16.5. The highest BCUT2D eigenvalue weighted by Gasteiger charge is 2.35. The number of aliphatic hydroxyl groups is 1. The fourth-order valence-corrected chi connectivity index (χ4v) is 3.34. The van der Waals surface area contributed by atoms with Gasteiger partial charge >= 0.3 is 0 Å². The SMILES string of the molecule is CCNCC1(CN(CCO)C(CC)CC)CCOCC1. The Kier molecular flexibility index (Phi) is 8.69. The standard InChI is InChI=1S/C16H34N2O2/c1-4-15(5-2)18(9-10-19)14-16(13-17-6-3)7-11-20-12-8-16/h15,17,19H,4-14H2,1-3H3. The molecule has 4 nitrogen and oxygen atoms in total. The fraction of sp³-hybridized carbons (Fsp3) is 1.00. The first kappa shape index (κ1) is 17.9. The highest BCUT2D eigenvalue weighted by Crippen LogP contribution is 2.32. The predicted molar refractivity (Wildman–Crippen MR) is 84.1 cm³/mol. The van der Waals surface area contributed by atoms with Gasteiger partial charge in [-0.05, 0) is 37.6 Å². The van der Waals surface area contributed by atoms with Gasteiger partial charge in [0.1, 0.15) is 0 Å². The lowest BCUT2D eigenvalue weighted by Gasteiger charge is -2.43. The van der Waals surface area contributed by atoms with Crippen LogP contribution >= 0.6 is 0 Å². The van der Waals surface area contributed by atoms with Gasteiger partial charge in [0.15, 0.2) is 0 Å². The lowest BCUT2D eigenvalue weighted by molar-refractivity contribution is -0.0154. The second-order valence-electron chi connectivity index (χ2n) is 6.06. The van der Waals surface area contributed by atoms with Crippen LogP contribution in [0.4, 0.5) is 0 Å². The third kappa shape index (κ3) is 5.32. The molecule has 1 heterocycles. The van der Waals surface area contributed by atoms with Crippen LogP contribution < -0.4 is 5.32 Å². The number of aliphatic hydroxyl groups excluding tert-OH is 1. The quantitative estimate of drug-likeness (QED) is 0.643. The average Bonchev–Trinajstić information content (AvgIpc) is 2.48. The van der Waals surface area contributed by atoms with Gasteiger partial charge in [0, 0.05) is 38.9 Å². The summed E-state index contributed by atoms with van der Waals surface area (Å²) in [5, 5.41) is 12.9. The number of hydrogen-bond donors (Lipinski definition) is 2. The van der Waals surface area contributed by atoms with Crippen molar-refractivity contribution in [3.63, 3.8) is 0 Å². The molecule has 0 aromatic rings. The molecule has 1 fully saturated rings. The van der Waals surface area contributed by atoms with Crippen LogP contribution in [0.5, 0.6) is 0 Å². The minimum absolute atomic E-state index is 0.254. The van der Waals surface area contributed by atoms with E-state index in [-0.39, 0.29) is 6.61 Å². The zero-order valence-electron chi connectivity index (χ0n) is 13.7. The normalized spacial score (nSPS) is 18.9. The van der Waals surface area contributed by atoms with E-state index in [4.69, 9.17) is 4.74 Å². The maximum Gasteiger partial charge on any atom is 0.0558 e. The van der Waals surface area contributed by atoms with Crippen molar-refractivity contribution in [3.05, 3.63) is 0 Å². The molecule has 1 saturated heterocycles. The highest BCUT2D eigenvalue weighted by molar-refractivity contribution is 4.88. The van der Waals surface area contributed by atoms with Crippen molar-refractivity contribution in [1.82, 2.24) is 10.2 Å². The Morgan fingerprint density at radius 1 is 1.20 bits per heavy atom. The van der Waals surface area contributed by atoms with Gasteiger partial charge in [-0.25, -0.2) is 0 Å². The number of ether oxygens (including phenoxy) is 1. The molecule has 2 N–H and O–H groups in total. The molecule has 1 aliphatic heterocycles. The Morgan fingerprint density at radius 2 is 1.85 bits per heavy atom. The predicted octanol–water partition coefficient (Wildman–Crippen LogP) is 1.88. The number of rotatable bonds is 10. The monoisotopic (exact) mass is 286 g/mol. The Hall–Kier alpha value is -0.160. The minimum Gasteiger partial charge on any atom is -0.395 e. The second-order valence-corrected chi connectivity index (χ2v) is 6.06. The summed E-state index contributed by atoms with van der Waals surface area (Å²) in [5.41, 5.74) is 0.312. The van der Waals surface area contributed by atoms with Crippen LogP contribution in [0.2, 0.25) is 0 Å². The first-order valence-corrected chi connectivity index (χ1v) is 8.34. The fourth-order valence-electron chi connectivity index (χ4n) is 3.34. The topological polar surface area (TPSA) is 44.7 Å². The second kappa shape index (κ2) is 9.72. The van der Waals surface area contributed by atoms with Crippen LogP contribution in [0, 0.1) is 5.41 Å². The third-order valence-corrected chi connectivity index (χ3v) is 4.69. The molecule has 20 heavy (non-hydrogen) atoms. The van der Waals surface area contributed by atoms with Gasteiger partial charge in [0.2, 0.25) is 0 Å². The average molecular weight is 286 g/mol. The van der Waals surface area contributed by atoms with Crippen molar-refractivity contribution < 1.29 is 9.84 Å². The Labute approximate surface area is 124 Å². The van der Waals surface area contributed by atoms with Crippen LogP contribution in [-0.2, 0) is 4.74 Å². The van der Waals surface area contributed by atoms with E-state index in [1.165, 1.54) is 0 Å². The summed E-state index contributed by atoms with van der Waals surface area (Å²) >= 11 is 0. The van der Waals surface area contributed by atoms with Gasteiger partial charge in [-0.2, -0.15) is 0 Å². The number of nitrogens with zero attached hydrogens (tertiary/aromatic N) is 1. The summed E-state index contributed by atoms with van der Waals surface area (Å²) in [4.78, 5) is 2.50. The maximum atomic E-state index is 9.38. The molecule has 120 valence electrons. The van der Waals surface area contributed by atoms with E-state index in [1.54, 1.807) is 0 Å². The van der Waals surface area contributed by atoms with E-state index in [0.29, 0.717) is 11.5 Å². The van der Waals surface area contributed by atoms with Crippen LogP contribution in [-0.4, -0.2) is 62.0 Å². The summed E-state index contributed by atoms with van der Waals surface area (Å²) < 4.78 is 5.56. The maximum absolute atomic E-state index is 9.38. The zero-order valence-corrected chi connectivity index (χ0v) is 13.7. The largest absolute Gasteiger partial charge is 0.395 e. The molecule has 0 amide bonds. The molecule has 0 spiro atoms. The Morgan fingerprint density at radius 3 is 2.35 bits per heavy atom. The Bertz CT molecular complexity index is 239. The molecular weight excluding hydrogens is 252 g/mol. The molecular formula is C16H34N2O2. The molecule has 0 unspecified atom stereocenters. The summed E-state index contributed by atoms with van der Waals surface area (Å²) in [6.07, 6.45) is 4.57. The molecule has 0 bridgehead atoms. The first-order valence-electron chi connectivity index (χ1n) is 8.34. The van der Waals surface area contributed by atoms with Gasteiger partial charge in [0.25, 0.3) is 0 Å². The van der Waals surface area contributed by atoms with Crippen molar-refractivity contribution in [2.75, 3.05) is 46.0 Å². The lowest BCUT2D eigenvalue weighted by atomic mass is 9.79. The molecule has 0 aliphatic carbocycles. The van der Waals surface area contributed by atoms with E-state index < -0.39 is 0 Å². The zero-order chi connectivity index (χ0) is 14.8. The van der Waals surface area contributed by atoms with Crippen molar-refractivity contribution >= 4 is 0 Å². The van der Waals surface area contributed by atoms with Crippen LogP contribution in [0.3, 0.4) is 0 Å². The molecule has 0 aromatic heterocycles. The van der Waals surface area contributed by atoms with Crippen molar-refractivity contribution in [2.24, 2.45) is 5.41 Å². The van der Waals surface area contributed by atoms with Gasteiger partial charge in [0.05, 0.1) is 6.61 Å². The number of nitrogens with one attached hydrogen (secondary N) is 1. The van der Waals surface area contributed by atoms with Crippen molar-refractivity contribution in [3.8, 4) is 0 Å². The van der Waals surface area contributed by atoms with E-state index in [2.05, 4.69) is 31.0 Å². The van der Waals surface area contributed by atoms with Gasteiger partial charge in [-0.15, -0.1) is 0 Å². The van der Waals surface area contributed by atoms with Crippen molar-refractivity contribution in [2.45, 2.75) is 52.5 Å². The van der Waals surface area contributed by atoms with E-state index in [0.717, 1.165) is 65.1 Å². The Balaban J connectivity index is 2.72. The third-order valence-electron chi connectivity index (χ3n) is 4.69. The molecule has 0 aromatic carbocycles. The molecule has 0 saturated carbocycles. The van der Waals surface area contributed by atoms with Gasteiger partial charge < -0.3 is 15.2 Å². The van der Waals surface area contributed by atoms with Crippen LogP contribution in [0.25, 0.3) is 0 Å². The van der Waals surface area contributed by atoms with Crippen LogP contribution in [0.15, 0.2) is 0 Å². The molecule has 0 atom stereocenters. The molecule has 1 rings (SSSR count). The summed E-state index contributed by atoms with van der Waals surface area (Å²) in [6, 6.07) is 0.587. The summed E-state index contributed by atoms with van der Waals surface area (Å²) in [6.45, 7) is 12.6. The van der Waals surface area contributed by atoms with E-state index in [9.17, 15) is 5.11 Å². The van der Waals surface area contributed by atoms with Gasteiger partial charge in [-0.1, -0.05) is 20.8 Å². The summed E-state index contributed by atoms with van der Waals surface area (Å²) in [7, 11) is 0. The lowest BCUT2D eigenvalue weighted by Crippen LogP contribution is -2.50. The smallest absolute Gasteiger partial charge is 0.0558 e. The molecule has 1 aliphatic rings. The van der Waals surface area contributed by atoms with E-state index >= 15 is 0 Å². The van der Waals surface area contributed by atoms with Gasteiger partial charge in [-0.3, -0.25) is 4.90 Å². The van der Waals surface area contributed by atoms with E-state index in [1.807, 2.05) is 0 Å². The molecule has 0 radical (unpaired) electrons. The number of hydrogen-bond acceptors (Lipinski definition) is 4. The summed E-state index contributed by atoms with van der Waals surface area (Å²) in [5.74, 6) is 0. The first-order chi connectivity index (χ1) is 9.71. The minimum atomic E-state index is 0.254. The van der Waals surface area contributed by atoms with Crippen molar-refractivity contribution in [1.29, 1.82) is 0 Å². The van der Waals surface area contributed by atoms with Crippen LogP contribution in [0.1, 0.15) is 46.5 Å².